The van der Waals surface area contributed by atoms with Crippen LogP contribution in [0.4, 0.5) is 0 Å². The van der Waals surface area contributed by atoms with Gasteiger partial charge in [-0.3, -0.25) is 0 Å². The van der Waals surface area contributed by atoms with E-state index >= 15 is 0 Å². The van der Waals surface area contributed by atoms with Gasteiger partial charge in [0.2, 0.25) is 0 Å². The summed E-state index contributed by atoms with van der Waals surface area (Å²) in [7, 11) is 0. The van der Waals surface area contributed by atoms with Gasteiger partial charge in [-0.25, -0.2) is 0 Å². The Morgan fingerprint density at radius 3 is 2.50 bits per heavy atom. The van der Waals surface area contributed by atoms with Gasteiger partial charge in [0.25, 0.3) is 0 Å². The van der Waals surface area contributed by atoms with Crippen molar-refractivity contribution in [3.05, 3.63) is 0 Å². The summed E-state index contributed by atoms with van der Waals surface area (Å²) in [4.78, 5) is 0. The topological polar surface area (TPSA) is 20.2 Å². The highest BCUT2D eigenvalue weighted by Gasteiger charge is 2.64. The van der Waals surface area contributed by atoms with Gasteiger partial charge in [0.1, 0.15) is 0 Å². The van der Waals surface area contributed by atoms with Crippen molar-refractivity contribution in [1.29, 1.82) is 0 Å². The van der Waals surface area contributed by atoms with Crippen molar-refractivity contribution >= 4 is 11.6 Å². The van der Waals surface area contributed by atoms with Crippen LogP contribution in [0.2, 0.25) is 0 Å². The van der Waals surface area contributed by atoms with Crippen LogP contribution in [0.3, 0.4) is 0 Å². The summed E-state index contributed by atoms with van der Waals surface area (Å²) in [6.07, 6.45) is 4.60. The van der Waals surface area contributed by atoms with Gasteiger partial charge in [-0.2, -0.15) is 0 Å². The van der Waals surface area contributed by atoms with Crippen LogP contribution in [-0.2, 0) is 0 Å². The van der Waals surface area contributed by atoms with Crippen LogP contribution < -0.4 is 0 Å². The van der Waals surface area contributed by atoms with E-state index in [0.717, 1.165) is 6.42 Å². The maximum absolute atomic E-state index is 9.82. The fraction of sp³-hybridized carbons (Fsp3) is 1.00. The minimum Gasteiger partial charge on any atom is -0.389 e. The van der Waals surface area contributed by atoms with Crippen LogP contribution in [0.15, 0.2) is 0 Å². The second kappa shape index (κ2) is 2.12. The molecule has 0 aromatic carbocycles. The number of aliphatic hydroxyl groups is 1. The zero-order chi connectivity index (χ0) is 7.19. The Labute approximate surface area is 66.4 Å². The summed E-state index contributed by atoms with van der Waals surface area (Å²) in [5, 5.41) is 9.82. The first kappa shape index (κ1) is 6.93. The van der Waals surface area contributed by atoms with E-state index in [2.05, 4.69) is 0 Å². The molecule has 0 spiro atoms. The minimum atomic E-state index is -0.319. The summed E-state index contributed by atoms with van der Waals surface area (Å²) >= 11 is 5.58. The average molecular weight is 161 g/mol. The highest BCUT2D eigenvalue weighted by Crippen LogP contribution is 2.62. The maximum atomic E-state index is 9.82. The highest BCUT2D eigenvalue weighted by molar-refractivity contribution is 6.17. The molecule has 0 amide bonds. The lowest BCUT2D eigenvalue weighted by Crippen LogP contribution is -2.15. The van der Waals surface area contributed by atoms with Crippen molar-refractivity contribution in [2.24, 2.45) is 11.8 Å². The summed E-state index contributed by atoms with van der Waals surface area (Å²) in [5.41, 5.74) is -0.319. The predicted molar refractivity (Wildman–Crippen MR) is 41.1 cm³/mol. The van der Waals surface area contributed by atoms with Gasteiger partial charge in [-0.05, 0) is 31.1 Å². The van der Waals surface area contributed by atoms with Gasteiger partial charge in [0.05, 0.1) is 5.60 Å². The van der Waals surface area contributed by atoms with E-state index in [1.165, 1.54) is 19.3 Å². The van der Waals surface area contributed by atoms with E-state index in [-0.39, 0.29) is 5.60 Å². The Morgan fingerprint density at radius 2 is 2.00 bits per heavy atom. The van der Waals surface area contributed by atoms with Gasteiger partial charge < -0.3 is 5.11 Å². The molecule has 2 heteroatoms. The smallest absolute Gasteiger partial charge is 0.0722 e. The molecule has 2 rings (SSSR count). The first-order chi connectivity index (χ1) is 4.79. The molecule has 0 heterocycles. The lowest BCUT2D eigenvalue weighted by Gasteiger charge is -2.10. The third-order valence-electron chi connectivity index (χ3n) is 3.19. The number of alkyl halides is 1. The molecule has 2 aliphatic carbocycles. The van der Waals surface area contributed by atoms with Crippen molar-refractivity contribution in [2.75, 3.05) is 5.88 Å². The molecule has 0 saturated heterocycles. The summed E-state index contributed by atoms with van der Waals surface area (Å²) < 4.78 is 0. The Balaban J connectivity index is 1.96. The van der Waals surface area contributed by atoms with E-state index in [1.807, 2.05) is 0 Å². The molecule has 2 fully saturated rings. The molecule has 0 aromatic heterocycles. The molecular weight excluding hydrogens is 148 g/mol. The van der Waals surface area contributed by atoms with Crippen molar-refractivity contribution in [2.45, 2.75) is 31.3 Å². The average Bonchev–Trinajstić information content (AvgIpc) is 2.30. The molecule has 10 heavy (non-hydrogen) atoms. The van der Waals surface area contributed by atoms with Gasteiger partial charge in [0.15, 0.2) is 0 Å². The number of halogens is 1. The molecular formula is C8H13ClO. The van der Waals surface area contributed by atoms with Gasteiger partial charge in [0, 0.05) is 5.88 Å². The Hall–Kier alpha value is 0.250. The Bertz CT molecular complexity index is 136. The van der Waals surface area contributed by atoms with Crippen molar-refractivity contribution in [1.82, 2.24) is 0 Å². The molecule has 1 unspecified atom stereocenters. The first-order valence-corrected chi connectivity index (χ1v) is 4.61. The lowest BCUT2D eigenvalue weighted by atomic mass is 10.1. The fourth-order valence-corrected chi connectivity index (χ4v) is 2.87. The molecule has 2 aliphatic rings. The van der Waals surface area contributed by atoms with Gasteiger partial charge in [-0.1, -0.05) is 6.42 Å². The SMILES string of the molecule is OC1(CCCl)[C@@H]2CCC[C@@H]21. The van der Waals surface area contributed by atoms with Crippen LogP contribution in [0.25, 0.3) is 0 Å². The maximum Gasteiger partial charge on any atom is 0.0722 e. The van der Waals surface area contributed by atoms with Crippen LogP contribution in [0, 0.1) is 11.8 Å². The zero-order valence-electron chi connectivity index (χ0n) is 6.02. The van der Waals surface area contributed by atoms with E-state index in [0.29, 0.717) is 17.7 Å². The molecule has 1 N–H and O–H groups in total. The van der Waals surface area contributed by atoms with Crippen molar-refractivity contribution < 1.29 is 5.11 Å². The molecule has 0 bridgehead atoms. The molecule has 0 aliphatic heterocycles. The van der Waals surface area contributed by atoms with E-state index in [4.69, 9.17) is 11.6 Å². The summed E-state index contributed by atoms with van der Waals surface area (Å²) in [5.74, 6) is 1.85. The summed E-state index contributed by atoms with van der Waals surface area (Å²) in [6.45, 7) is 0. The second-order valence-electron chi connectivity index (χ2n) is 3.57. The Morgan fingerprint density at radius 1 is 1.40 bits per heavy atom. The van der Waals surface area contributed by atoms with E-state index in [1.54, 1.807) is 0 Å². The quantitative estimate of drug-likeness (QED) is 0.611. The van der Waals surface area contributed by atoms with Crippen LogP contribution in [0.1, 0.15) is 25.7 Å². The van der Waals surface area contributed by atoms with Crippen LogP contribution in [0.5, 0.6) is 0 Å². The van der Waals surface area contributed by atoms with Crippen molar-refractivity contribution in [3.8, 4) is 0 Å². The van der Waals surface area contributed by atoms with Crippen LogP contribution in [-0.4, -0.2) is 16.6 Å². The third kappa shape index (κ3) is 0.737. The van der Waals surface area contributed by atoms with E-state index in [9.17, 15) is 5.11 Å². The van der Waals surface area contributed by atoms with Gasteiger partial charge in [-0.15, -0.1) is 11.6 Å². The normalized spacial score (nSPS) is 51.0. The largest absolute Gasteiger partial charge is 0.389 e. The van der Waals surface area contributed by atoms with Crippen molar-refractivity contribution in [3.63, 3.8) is 0 Å². The minimum absolute atomic E-state index is 0.319. The number of rotatable bonds is 2. The second-order valence-corrected chi connectivity index (χ2v) is 3.95. The molecule has 1 nitrogen and oxygen atoms in total. The Kier molecular flexibility index (Phi) is 1.47. The lowest BCUT2D eigenvalue weighted by molar-refractivity contribution is 0.103. The highest BCUT2D eigenvalue weighted by atomic mass is 35.5. The number of hydrogen-bond donors (Lipinski definition) is 1. The monoisotopic (exact) mass is 160 g/mol. The predicted octanol–water partition coefficient (Wildman–Crippen LogP) is 1.78. The standard InChI is InChI=1S/C8H13ClO/c9-5-4-8(10)6-2-1-3-7(6)8/h6-7,10H,1-5H2/t6-,7+,8?. The number of hydrogen-bond acceptors (Lipinski definition) is 1. The molecule has 58 valence electrons. The van der Waals surface area contributed by atoms with Crippen LogP contribution >= 0.6 is 11.6 Å². The number of fused-ring (bicyclic) bond motifs is 1. The zero-order valence-corrected chi connectivity index (χ0v) is 6.77. The summed E-state index contributed by atoms with van der Waals surface area (Å²) in [6, 6.07) is 0. The van der Waals surface area contributed by atoms with Gasteiger partial charge >= 0.3 is 0 Å². The molecule has 0 radical (unpaired) electrons. The fourth-order valence-electron chi connectivity index (χ4n) is 2.57. The molecule has 0 aromatic rings. The first-order valence-electron chi connectivity index (χ1n) is 4.07. The molecule has 2 saturated carbocycles. The van der Waals surface area contributed by atoms with E-state index < -0.39 is 0 Å². The molecule has 3 atom stereocenters. The third-order valence-corrected chi connectivity index (χ3v) is 3.37.